The lowest BCUT2D eigenvalue weighted by atomic mass is 10.2. The van der Waals surface area contributed by atoms with Crippen LogP contribution in [0.2, 0.25) is 0 Å². The summed E-state index contributed by atoms with van der Waals surface area (Å²) >= 11 is 0. The SMILES string of the molecule is CCCc1[nH]nc(C(=O)N(CC)CC(N)=O)c1N. The molecule has 0 spiro atoms. The third-order valence-corrected chi connectivity index (χ3v) is 2.60. The van der Waals surface area contributed by atoms with Gasteiger partial charge in [-0.25, -0.2) is 0 Å². The highest BCUT2D eigenvalue weighted by atomic mass is 16.2. The molecule has 7 nitrogen and oxygen atoms in total. The normalized spacial score (nSPS) is 10.3. The van der Waals surface area contributed by atoms with Crippen LogP contribution in [0.4, 0.5) is 5.69 Å². The minimum Gasteiger partial charge on any atom is -0.395 e. The standard InChI is InChI=1S/C11H19N5O2/c1-3-5-7-9(13)10(15-14-7)11(18)16(4-2)6-8(12)17/h3-6,13H2,1-2H3,(H2,12,17)(H,14,15). The summed E-state index contributed by atoms with van der Waals surface area (Å²) in [6.07, 6.45) is 1.63. The Hall–Kier alpha value is -2.05. The van der Waals surface area contributed by atoms with Crippen molar-refractivity contribution in [1.29, 1.82) is 0 Å². The molecule has 7 heteroatoms. The highest BCUT2D eigenvalue weighted by Crippen LogP contribution is 2.17. The molecule has 1 aromatic rings. The van der Waals surface area contributed by atoms with Crippen LogP contribution >= 0.6 is 0 Å². The Bertz CT molecular complexity index is 441. The van der Waals surface area contributed by atoms with Crippen LogP contribution in [-0.4, -0.2) is 40.0 Å². The van der Waals surface area contributed by atoms with E-state index in [2.05, 4.69) is 10.2 Å². The van der Waals surface area contributed by atoms with Gasteiger partial charge in [-0.05, 0) is 13.3 Å². The van der Waals surface area contributed by atoms with Crippen molar-refractivity contribution in [3.05, 3.63) is 11.4 Å². The lowest BCUT2D eigenvalue weighted by molar-refractivity contribution is -0.118. The van der Waals surface area contributed by atoms with Gasteiger partial charge in [0.05, 0.1) is 17.9 Å². The van der Waals surface area contributed by atoms with Gasteiger partial charge in [-0.2, -0.15) is 5.10 Å². The number of likely N-dealkylation sites (N-methyl/N-ethyl adjacent to an activating group) is 1. The van der Waals surface area contributed by atoms with Crippen molar-refractivity contribution in [3.63, 3.8) is 0 Å². The Labute approximate surface area is 106 Å². The Kier molecular flexibility index (Phi) is 4.70. The van der Waals surface area contributed by atoms with Gasteiger partial charge in [0.25, 0.3) is 5.91 Å². The van der Waals surface area contributed by atoms with Crippen molar-refractivity contribution in [2.24, 2.45) is 5.73 Å². The van der Waals surface area contributed by atoms with Crippen LogP contribution in [0, 0.1) is 0 Å². The van der Waals surface area contributed by atoms with Gasteiger partial charge in [0.1, 0.15) is 0 Å². The summed E-state index contributed by atoms with van der Waals surface area (Å²) in [4.78, 5) is 24.3. The van der Waals surface area contributed by atoms with E-state index in [1.54, 1.807) is 6.92 Å². The summed E-state index contributed by atoms with van der Waals surface area (Å²) in [6.45, 7) is 4.01. The molecule has 0 bridgehead atoms. The Morgan fingerprint density at radius 1 is 1.39 bits per heavy atom. The number of carbonyl (C=O) groups excluding carboxylic acids is 2. The van der Waals surface area contributed by atoms with Gasteiger partial charge in [-0.3, -0.25) is 14.7 Å². The molecule has 2 amide bonds. The zero-order valence-corrected chi connectivity index (χ0v) is 10.7. The molecule has 0 aliphatic carbocycles. The molecule has 0 aromatic carbocycles. The number of rotatable bonds is 6. The van der Waals surface area contributed by atoms with Gasteiger partial charge in [0.15, 0.2) is 5.69 Å². The predicted octanol–water partition coefficient (Wildman–Crippen LogP) is -0.108. The van der Waals surface area contributed by atoms with Gasteiger partial charge in [-0.1, -0.05) is 13.3 Å². The van der Waals surface area contributed by atoms with Gasteiger partial charge < -0.3 is 16.4 Å². The molecule has 0 saturated heterocycles. The first-order valence-corrected chi connectivity index (χ1v) is 5.91. The molecular formula is C11H19N5O2. The number of primary amides is 1. The first-order chi connectivity index (χ1) is 8.51. The number of nitrogen functional groups attached to an aromatic ring is 1. The monoisotopic (exact) mass is 253 g/mol. The first kappa shape index (κ1) is 14.0. The number of carbonyl (C=O) groups is 2. The molecule has 0 aliphatic rings. The number of amides is 2. The van der Waals surface area contributed by atoms with E-state index in [1.807, 2.05) is 6.92 Å². The van der Waals surface area contributed by atoms with Crippen molar-refractivity contribution >= 4 is 17.5 Å². The van der Waals surface area contributed by atoms with E-state index in [1.165, 1.54) is 4.90 Å². The van der Waals surface area contributed by atoms with Crippen LogP contribution < -0.4 is 11.5 Å². The molecule has 0 unspecified atom stereocenters. The maximum Gasteiger partial charge on any atom is 0.276 e. The lowest BCUT2D eigenvalue weighted by Crippen LogP contribution is -2.38. The second kappa shape index (κ2) is 6.04. The van der Waals surface area contributed by atoms with Gasteiger partial charge in [-0.15, -0.1) is 0 Å². The number of nitrogens with one attached hydrogen (secondary N) is 1. The molecule has 0 saturated carbocycles. The topological polar surface area (TPSA) is 118 Å². The average molecular weight is 253 g/mol. The summed E-state index contributed by atoms with van der Waals surface area (Å²) in [6, 6.07) is 0. The molecule has 18 heavy (non-hydrogen) atoms. The van der Waals surface area contributed by atoms with E-state index in [4.69, 9.17) is 11.5 Å². The van der Waals surface area contributed by atoms with Crippen molar-refractivity contribution in [2.75, 3.05) is 18.8 Å². The molecule has 1 rings (SSSR count). The molecule has 1 heterocycles. The predicted molar refractivity (Wildman–Crippen MR) is 67.8 cm³/mol. The molecule has 100 valence electrons. The largest absolute Gasteiger partial charge is 0.395 e. The van der Waals surface area contributed by atoms with Crippen LogP contribution in [0.5, 0.6) is 0 Å². The fourth-order valence-electron chi connectivity index (χ4n) is 1.66. The van der Waals surface area contributed by atoms with Crippen molar-refractivity contribution in [2.45, 2.75) is 26.7 Å². The third kappa shape index (κ3) is 2.99. The Balaban J connectivity index is 2.91. The molecule has 5 N–H and O–H groups in total. The smallest absolute Gasteiger partial charge is 0.276 e. The number of aromatic amines is 1. The van der Waals surface area contributed by atoms with E-state index in [0.29, 0.717) is 12.2 Å². The van der Waals surface area contributed by atoms with Gasteiger partial charge in [0.2, 0.25) is 5.91 Å². The molecule has 0 aliphatic heterocycles. The van der Waals surface area contributed by atoms with Crippen LogP contribution in [0.15, 0.2) is 0 Å². The zero-order chi connectivity index (χ0) is 13.7. The third-order valence-electron chi connectivity index (χ3n) is 2.60. The van der Waals surface area contributed by atoms with E-state index in [-0.39, 0.29) is 18.1 Å². The molecule has 1 aromatic heterocycles. The number of hydrogen-bond acceptors (Lipinski definition) is 4. The fraction of sp³-hybridized carbons (Fsp3) is 0.545. The lowest BCUT2D eigenvalue weighted by Gasteiger charge is -2.17. The van der Waals surface area contributed by atoms with Crippen LogP contribution in [0.1, 0.15) is 36.5 Å². The van der Waals surface area contributed by atoms with Crippen LogP contribution in [-0.2, 0) is 11.2 Å². The minimum absolute atomic E-state index is 0.134. The second-order valence-corrected chi connectivity index (χ2v) is 4.00. The van der Waals surface area contributed by atoms with E-state index in [9.17, 15) is 9.59 Å². The summed E-state index contributed by atoms with van der Waals surface area (Å²) < 4.78 is 0. The summed E-state index contributed by atoms with van der Waals surface area (Å²) in [7, 11) is 0. The highest BCUT2D eigenvalue weighted by Gasteiger charge is 2.22. The summed E-state index contributed by atoms with van der Waals surface area (Å²) in [5.74, 6) is -0.944. The molecule has 0 fully saturated rings. The number of hydrogen-bond donors (Lipinski definition) is 3. The number of H-pyrrole nitrogens is 1. The molecule has 0 atom stereocenters. The van der Waals surface area contributed by atoms with E-state index < -0.39 is 5.91 Å². The maximum atomic E-state index is 12.1. The number of nitrogens with two attached hydrogens (primary N) is 2. The minimum atomic E-state index is -0.562. The first-order valence-electron chi connectivity index (χ1n) is 5.91. The van der Waals surface area contributed by atoms with Crippen molar-refractivity contribution in [3.8, 4) is 0 Å². The maximum absolute atomic E-state index is 12.1. The number of aromatic nitrogens is 2. The van der Waals surface area contributed by atoms with E-state index in [0.717, 1.165) is 18.5 Å². The Morgan fingerprint density at radius 3 is 2.56 bits per heavy atom. The fourth-order valence-corrected chi connectivity index (χ4v) is 1.66. The summed E-state index contributed by atoms with van der Waals surface area (Å²) in [5.41, 5.74) is 12.2. The van der Waals surface area contributed by atoms with Crippen molar-refractivity contribution < 1.29 is 9.59 Å². The Morgan fingerprint density at radius 2 is 2.06 bits per heavy atom. The van der Waals surface area contributed by atoms with Gasteiger partial charge >= 0.3 is 0 Å². The van der Waals surface area contributed by atoms with Crippen molar-refractivity contribution in [1.82, 2.24) is 15.1 Å². The van der Waals surface area contributed by atoms with Crippen LogP contribution in [0.25, 0.3) is 0 Å². The number of nitrogens with zero attached hydrogens (tertiary/aromatic N) is 2. The van der Waals surface area contributed by atoms with Gasteiger partial charge in [0, 0.05) is 6.54 Å². The zero-order valence-electron chi connectivity index (χ0n) is 10.7. The highest BCUT2D eigenvalue weighted by molar-refractivity contribution is 5.99. The quantitative estimate of drug-likeness (QED) is 0.655. The molecular weight excluding hydrogens is 234 g/mol. The van der Waals surface area contributed by atoms with Crippen LogP contribution in [0.3, 0.4) is 0 Å². The number of anilines is 1. The van der Waals surface area contributed by atoms with E-state index >= 15 is 0 Å². The second-order valence-electron chi connectivity index (χ2n) is 4.00. The number of aryl methyl sites for hydroxylation is 1. The average Bonchev–Trinajstić information content (AvgIpc) is 2.67. The molecule has 0 radical (unpaired) electrons. The summed E-state index contributed by atoms with van der Waals surface area (Å²) in [5, 5.41) is 6.67.